The molecule has 1 aromatic carbocycles. The number of halogens is 4. The van der Waals surface area contributed by atoms with Gasteiger partial charge in [-0.25, -0.2) is 4.39 Å². The molecule has 2 aromatic rings. The van der Waals surface area contributed by atoms with Crippen LogP contribution in [0.4, 0.5) is 4.39 Å². The lowest BCUT2D eigenvalue weighted by molar-refractivity contribution is 0.0574. The molecule has 0 saturated carbocycles. The molecular formula is C14H11Cl3FNO. The summed E-state index contributed by atoms with van der Waals surface area (Å²) >= 11 is 17.7. The third-order valence-corrected chi connectivity index (χ3v) is 3.92. The molecule has 0 spiro atoms. The van der Waals surface area contributed by atoms with Crippen LogP contribution in [0.1, 0.15) is 18.1 Å². The molecule has 1 heterocycles. The van der Waals surface area contributed by atoms with Gasteiger partial charge in [-0.1, -0.05) is 34.8 Å². The fourth-order valence-electron chi connectivity index (χ4n) is 1.95. The van der Waals surface area contributed by atoms with Gasteiger partial charge in [0.2, 0.25) is 0 Å². The summed E-state index contributed by atoms with van der Waals surface area (Å²) in [5.41, 5.74) is -0.430. The van der Waals surface area contributed by atoms with Crippen molar-refractivity contribution >= 4 is 34.8 Å². The molecule has 0 saturated heterocycles. The van der Waals surface area contributed by atoms with E-state index in [4.69, 9.17) is 34.8 Å². The van der Waals surface area contributed by atoms with Crippen LogP contribution in [0.3, 0.4) is 0 Å². The second-order valence-corrected chi connectivity index (χ2v) is 5.89. The van der Waals surface area contributed by atoms with Crippen LogP contribution in [0, 0.1) is 5.82 Å². The molecule has 0 bridgehead atoms. The number of rotatable bonds is 3. The minimum Gasteiger partial charge on any atom is -0.385 e. The highest BCUT2D eigenvalue weighted by Gasteiger charge is 2.28. The third kappa shape index (κ3) is 3.23. The average molecular weight is 335 g/mol. The van der Waals surface area contributed by atoms with Crippen molar-refractivity contribution in [2.45, 2.75) is 18.9 Å². The maximum absolute atomic E-state index is 13.6. The Labute approximate surface area is 131 Å². The second kappa shape index (κ2) is 5.86. The van der Waals surface area contributed by atoms with Crippen molar-refractivity contribution in [2.24, 2.45) is 0 Å². The molecule has 1 atom stereocenters. The molecule has 20 heavy (non-hydrogen) atoms. The predicted molar refractivity (Wildman–Crippen MR) is 78.9 cm³/mol. The number of aromatic nitrogens is 1. The fourth-order valence-corrected chi connectivity index (χ4v) is 2.72. The summed E-state index contributed by atoms with van der Waals surface area (Å²) < 4.78 is 13.6. The standard InChI is InChI=1S/C14H11Cl3FNO/c1-14(20,6-8-2-3-19-7-12(8)17)9-4-13(18)11(16)5-10(9)15/h2-5,7,20H,6H2,1H3. The fraction of sp³-hybridized carbons (Fsp3) is 0.214. The van der Waals surface area contributed by atoms with E-state index in [9.17, 15) is 9.50 Å². The Balaban J connectivity index is 2.40. The van der Waals surface area contributed by atoms with Crippen LogP contribution in [0.15, 0.2) is 30.6 Å². The van der Waals surface area contributed by atoms with E-state index in [1.807, 2.05) is 0 Å². The monoisotopic (exact) mass is 333 g/mol. The molecule has 0 radical (unpaired) electrons. The van der Waals surface area contributed by atoms with E-state index in [0.29, 0.717) is 10.6 Å². The number of benzene rings is 1. The van der Waals surface area contributed by atoms with E-state index in [2.05, 4.69) is 4.98 Å². The lowest BCUT2D eigenvalue weighted by Gasteiger charge is -2.25. The molecule has 0 aliphatic carbocycles. The van der Waals surface area contributed by atoms with Gasteiger partial charge >= 0.3 is 0 Å². The van der Waals surface area contributed by atoms with Gasteiger partial charge in [0.05, 0.1) is 15.6 Å². The Kier molecular flexibility index (Phi) is 4.55. The van der Waals surface area contributed by atoms with Crippen LogP contribution < -0.4 is 0 Å². The van der Waals surface area contributed by atoms with Crippen molar-refractivity contribution in [1.82, 2.24) is 4.98 Å². The van der Waals surface area contributed by atoms with Gasteiger partial charge in [0, 0.05) is 29.4 Å². The van der Waals surface area contributed by atoms with Gasteiger partial charge in [0.1, 0.15) is 5.82 Å². The van der Waals surface area contributed by atoms with Crippen molar-refractivity contribution in [3.05, 3.63) is 62.6 Å². The Morgan fingerprint density at radius 1 is 1.20 bits per heavy atom. The molecule has 0 aliphatic heterocycles. The Bertz CT molecular complexity index is 646. The zero-order valence-corrected chi connectivity index (χ0v) is 12.8. The van der Waals surface area contributed by atoms with Gasteiger partial charge in [-0.3, -0.25) is 4.98 Å². The summed E-state index contributed by atoms with van der Waals surface area (Å²) in [4.78, 5) is 3.87. The topological polar surface area (TPSA) is 33.1 Å². The van der Waals surface area contributed by atoms with Crippen LogP contribution in [-0.4, -0.2) is 10.1 Å². The maximum Gasteiger partial charge on any atom is 0.142 e. The number of hydrogen-bond donors (Lipinski definition) is 1. The van der Waals surface area contributed by atoms with Gasteiger partial charge < -0.3 is 5.11 Å². The smallest absolute Gasteiger partial charge is 0.142 e. The molecule has 1 unspecified atom stereocenters. The highest BCUT2D eigenvalue weighted by Crippen LogP contribution is 2.35. The highest BCUT2D eigenvalue weighted by atomic mass is 35.5. The van der Waals surface area contributed by atoms with E-state index < -0.39 is 11.4 Å². The average Bonchev–Trinajstić information content (AvgIpc) is 2.36. The van der Waals surface area contributed by atoms with Crippen LogP contribution in [0.25, 0.3) is 0 Å². The molecule has 0 amide bonds. The molecular weight excluding hydrogens is 324 g/mol. The quantitative estimate of drug-likeness (QED) is 0.830. The summed E-state index contributed by atoms with van der Waals surface area (Å²) in [5.74, 6) is -0.632. The number of hydrogen-bond acceptors (Lipinski definition) is 2. The molecule has 1 aromatic heterocycles. The van der Waals surface area contributed by atoms with Crippen LogP contribution >= 0.6 is 34.8 Å². The zero-order valence-electron chi connectivity index (χ0n) is 10.5. The van der Waals surface area contributed by atoms with Gasteiger partial charge in [-0.15, -0.1) is 0 Å². The van der Waals surface area contributed by atoms with Crippen molar-refractivity contribution in [3.8, 4) is 0 Å². The normalized spacial score (nSPS) is 14.1. The van der Waals surface area contributed by atoms with Gasteiger partial charge in [-0.05, 0) is 30.7 Å². The van der Waals surface area contributed by atoms with E-state index in [0.717, 1.165) is 6.07 Å². The van der Waals surface area contributed by atoms with Gasteiger partial charge in [0.15, 0.2) is 0 Å². The van der Waals surface area contributed by atoms with Crippen molar-refractivity contribution in [1.29, 1.82) is 0 Å². The summed E-state index contributed by atoms with van der Waals surface area (Å²) in [6.07, 6.45) is 3.23. The largest absolute Gasteiger partial charge is 0.385 e. The summed E-state index contributed by atoms with van der Waals surface area (Å²) in [6, 6.07) is 4.10. The first-order valence-electron chi connectivity index (χ1n) is 5.77. The highest BCUT2D eigenvalue weighted by molar-refractivity contribution is 6.35. The molecule has 106 valence electrons. The first-order valence-corrected chi connectivity index (χ1v) is 6.90. The predicted octanol–water partition coefficient (Wildman–Crippen LogP) is 4.63. The molecule has 6 heteroatoms. The van der Waals surface area contributed by atoms with Gasteiger partial charge in [-0.2, -0.15) is 0 Å². The summed E-state index contributed by atoms with van der Waals surface area (Å²) in [6.45, 7) is 1.54. The van der Waals surface area contributed by atoms with Crippen molar-refractivity contribution in [2.75, 3.05) is 0 Å². The lowest BCUT2D eigenvalue weighted by atomic mass is 9.89. The Hall–Kier alpha value is -0.870. The third-order valence-electron chi connectivity index (χ3n) is 2.98. The summed E-state index contributed by atoms with van der Waals surface area (Å²) in [5, 5.41) is 11.1. The molecule has 2 rings (SSSR count). The van der Waals surface area contributed by atoms with Crippen molar-refractivity contribution < 1.29 is 9.50 Å². The van der Waals surface area contributed by atoms with Crippen LogP contribution in [-0.2, 0) is 12.0 Å². The Morgan fingerprint density at radius 3 is 2.55 bits per heavy atom. The summed E-state index contributed by atoms with van der Waals surface area (Å²) in [7, 11) is 0. The van der Waals surface area contributed by atoms with E-state index >= 15 is 0 Å². The number of aliphatic hydroxyl groups is 1. The maximum atomic E-state index is 13.6. The molecule has 1 N–H and O–H groups in total. The first kappa shape index (κ1) is 15.5. The number of nitrogens with zero attached hydrogens (tertiary/aromatic N) is 1. The van der Waals surface area contributed by atoms with Crippen LogP contribution in [0.2, 0.25) is 15.1 Å². The van der Waals surface area contributed by atoms with Gasteiger partial charge in [0.25, 0.3) is 0 Å². The van der Waals surface area contributed by atoms with E-state index in [1.54, 1.807) is 12.3 Å². The minimum atomic E-state index is -1.38. The first-order chi connectivity index (χ1) is 9.31. The Morgan fingerprint density at radius 2 is 1.90 bits per heavy atom. The lowest BCUT2D eigenvalue weighted by Crippen LogP contribution is -2.25. The van der Waals surface area contributed by atoms with E-state index in [1.165, 1.54) is 19.2 Å². The SMILES string of the molecule is CC(O)(Cc1ccncc1Cl)c1cc(F)c(Cl)cc1Cl. The number of pyridine rings is 1. The molecule has 0 fully saturated rings. The second-order valence-electron chi connectivity index (χ2n) is 4.66. The molecule has 2 nitrogen and oxygen atoms in total. The molecule has 0 aliphatic rings. The van der Waals surface area contributed by atoms with Crippen LogP contribution in [0.5, 0.6) is 0 Å². The minimum absolute atomic E-state index is 0.0866. The van der Waals surface area contributed by atoms with E-state index in [-0.39, 0.29) is 22.0 Å². The van der Waals surface area contributed by atoms with Crippen molar-refractivity contribution in [3.63, 3.8) is 0 Å². The zero-order chi connectivity index (χ0) is 14.9.